The van der Waals surface area contributed by atoms with Gasteiger partial charge in [-0.25, -0.2) is 9.97 Å². The maximum atomic E-state index is 13.5. The molecular formula is C38H51N7O3Si. The minimum absolute atomic E-state index is 0.0379. The molecule has 1 aliphatic heterocycles. The Hall–Kier alpha value is -3.93. The molecule has 1 saturated heterocycles. The number of hydrogen-bond acceptors (Lipinski definition) is 9. The fourth-order valence-corrected chi connectivity index (χ4v) is 7.66. The van der Waals surface area contributed by atoms with Gasteiger partial charge in [0.25, 0.3) is 5.56 Å². The molecular weight excluding hydrogens is 631 g/mol. The highest BCUT2D eigenvalue weighted by Gasteiger charge is 2.37. The number of aryl methyl sites for hydroxylation is 1. The van der Waals surface area contributed by atoms with Crippen LogP contribution in [0, 0.1) is 6.92 Å². The van der Waals surface area contributed by atoms with E-state index in [0.29, 0.717) is 23.8 Å². The number of benzene rings is 1. The van der Waals surface area contributed by atoms with Gasteiger partial charge in [0, 0.05) is 50.3 Å². The minimum atomic E-state index is -1.76. The number of nitrogens with zero attached hydrogens (tertiary/aromatic N) is 6. The fraction of sp³-hybridized carbons (Fsp3) is 0.500. The highest BCUT2D eigenvalue weighted by molar-refractivity contribution is 6.74. The summed E-state index contributed by atoms with van der Waals surface area (Å²) in [5.41, 5.74) is 4.53. The summed E-state index contributed by atoms with van der Waals surface area (Å²) in [6.07, 6.45) is 7.46. The third-order valence-corrected chi connectivity index (χ3v) is 15.3. The van der Waals surface area contributed by atoms with Crippen LogP contribution in [0.4, 0.5) is 17.5 Å². The van der Waals surface area contributed by atoms with E-state index in [1.54, 1.807) is 17.0 Å². The van der Waals surface area contributed by atoms with Crippen LogP contribution in [0.3, 0.4) is 0 Å². The molecule has 260 valence electrons. The molecule has 6 rings (SSSR count). The van der Waals surface area contributed by atoms with E-state index in [1.165, 1.54) is 18.1 Å². The Labute approximate surface area is 291 Å². The summed E-state index contributed by atoms with van der Waals surface area (Å²) in [6.45, 7) is 20.1. The number of fused-ring (bicyclic) bond motifs is 1. The molecule has 2 aliphatic rings. The van der Waals surface area contributed by atoms with Crippen molar-refractivity contribution < 1.29 is 9.22 Å². The zero-order valence-corrected chi connectivity index (χ0v) is 31.2. The summed E-state index contributed by atoms with van der Waals surface area (Å²) < 4.78 is 8.14. The van der Waals surface area contributed by atoms with Gasteiger partial charge in [-0.2, -0.15) is 4.98 Å². The Bertz CT molecular complexity index is 1850. The maximum Gasteiger partial charge on any atom is 0.263 e. The number of anilines is 3. The third-order valence-electron chi connectivity index (χ3n) is 10.8. The van der Waals surface area contributed by atoms with Gasteiger partial charge >= 0.3 is 0 Å². The number of carbonyl (C=O) groups excluding carboxylic acids is 1. The summed E-state index contributed by atoms with van der Waals surface area (Å²) in [4.78, 5) is 44.9. The van der Waals surface area contributed by atoms with Crippen LogP contribution in [0.25, 0.3) is 11.0 Å². The smallest absolute Gasteiger partial charge is 0.263 e. The predicted octanol–water partition coefficient (Wildman–Crippen LogP) is 7.40. The van der Waals surface area contributed by atoms with Crippen molar-refractivity contribution in [1.82, 2.24) is 24.4 Å². The van der Waals surface area contributed by atoms with Crippen molar-refractivity contribution >= 4 is 42.6 Å². The van der Waals surface area contributed by atoms with Gasteiger partial charge in [-0.15, -0.1) is 0 Å². The second-order valence-electron chi connectivity index (χ2n) is 15.3. The van der Waals surface area contributed by atoms with E-state index in [4.69, 9.17) is 14.4 Å². The molecule has 0 atom stereocenters. The molecule has 4 heterocycles. The van der Waals surface area contributed by atoms with Gasteiger partial charge in [0.15, 0.2) is 14.1 Å². The monoisotopic (exact) mass is 681 g/mol. The van der Waals surface area contributed by atoms with Gasteiger partial charge in [-0.3, -0.25) is 19.1 Å². The first-order chi connectivity index (χ1) is 23.3. The first-order valence-electron chi connectivity index (χ1n) is 17.7. The number of pyridine rings is 2. The second kappa shape index (κ2) is 14.1. The summed E-state index contributed by atoms with van der Waals surface area (Å²) in [5, 5.41) is 4.23. The molecule has 1 aliphatic carbocycles. The van der Waals surface area contributed by atoms with Crippen molar-refractivity contribution in [3.8, 4) is 0 Å². The Morgan fingerprint density at radius 2 is 1.63 bits per heavy atom. The van der Waals surface area contributed by atoms with Crippen molar-refractivity contribution in [2.24, 2.45) is 0 Å². The molecule has 1 N–H and O–H groups in total. The molecule has 0 spiro atoms. The first-order valence-corrected chi connectivity index (χ1v) is 20.6. The number of rotatable bonds is 10. The highest BCUT2D eigenvalue weighted by atomic mass is 28.4. The maximum absolute atomic E-state index is 13.5. The lowest BCUT2D eigenvalue weighted by Gasteiger charge is -2.36. The van der Waals surface area contributed by atoms with E-state index in [2.05, 4.69) is 78.2 Å². The van der Waals surface area contributed by atoms with E-state index in [-0.39, 0.29) is 28.0 Å². The molecule has 1 saturated carbocycles. The average molecular weight is 682 g/mol. The number of carbonyl (C=O) groups is 1. The van der Waals surface area contributed by atoms with Crippen LogP contribution in [0.2, 0.25) is 18.1 Å². The Kier molecular flexibility index (Phi) is 10.1. The average Bonchev–Trinajstić information content (AvgIpc) is 3.59. The summed E-state index contributed by atoms with van der Waals surface area (Å²) in [6, 6.07) is 13.0. The summed E-state index contributed by atoms with van der Waals surface area (Å²) >= 11 is 0. The fourth-order valence-electron chi connectivity index (χ4n) is 6.70. The normalized spacial score (nSPS) is 16.4. The third kappa shape index (κ3) is 7.63. The van der Waals surface area contributed by atoms with E-state index >= 15 is 0 Å². The van der Waals surface area contributed by atoms with Crippen LogP contribution in [0.15, 0.2) is 53.6 Å². The lowest BCUT2D eigenvalue weighted by Crippen LogP contribution is -2.46. The van der Waals surface area contributed by atoms with Crippen LogP contribution in [-0.4, -0.2) is 64.7 Å². The topological polar surface area (TPSA) is 105 Å². The molecule has 1 aromatic carbocycles. The molecule has 11 heteroatoms. The highest BCUT2D eigenvalue weighted by Crippen LogP contribution is 2.37. The van der Waals surface area contributed by atoms with Crippen LogP contribution in [-0.2, 0) is 17.6 Å². The molecule has 0 bridgehead atoms. The van der Waals surface area contributed by atoms with Gasteiger partial charge < -0.3 is 14.6 Å². The number of hydrogen-bond donors (Lipinski definition) is 1. The van der Waals surface area contributed by atoms with Crippen molar-refractivity contribution in [2.45, 2.75) is 97.6 Å². The molecule has 49 heavy (non-hydrogen) atoms. The number of Topliss-reactive ketones (excluding diaryl/α,β-unsaturated/α-hetero) is 1. The summed E-state index contributed by atoms with van der Waals surface area (Å²) in [7, 11) is -1.76. The lowest BCUT2D eigenvalue weighted by atomic mass is 10.0. The molecule has 2 fully saturated rings. The number of nitrogens with one attached hydrogen (secondary N) is 1. The van der Waals surface area contributed by atoms with Gasteiger partial charge in [0.05, 0.1) is 24.1 Å². The quantitative estimate of drug-likeness (QED) is 0.135. The molecule has 4 aromatic rings. The number of piperazine rings is 1. The van der Waals surface area contributed by atoms with Crippen molar-refractivity contribution in [3.05, 3.63) is 81.4 Å². The van der Waals surface area contributed by atoms with Crippen LogP contribution in [0.1, 0.15) is 86.5 Å². The zero-order chi connectivity index (χ0) is 34.9. The van der Waals surface area contributed by atoms with Crippen LogP contribution < -0.4 is 15.8 Å². The molecule has 10 nitrogen and oxygen atoms in total. The van der Waals surface area contributed by atoms with Crippen molar-refractivity contribution in [2.75, 3.05) is 36.4 Å². The standard InChI is InChI=1S/C38H51N7O3Si/c1-26-32-23-40-37(42-35(32)45(31-10-8-9-11-31)36(47)34(26)27(2)46)41-30-16-17-33(39-22-30)44-20-18-43(19-21-44)24-28-12-14-29(15-13-28)25-48-49(6,7)38(3,4)5/h12-17,22-23,31H,8-11,18-21,24-25H2,1-7H3,(H,40,41,42). The number of ketones is 1. The second-order valence-corrected chi connectivity index (χ2v) is 20.1. The van der Waals surface area contributed by atoms with Gasteiger partial charge in [0.1, 0.15) is 11.5 Å². The first kappa shape index (κ1) is 34.9. The molecule has 0 amide bonds. The summed E-state index contributed by atoms with van der Waals surface area (Å²) in [5.74, 6) is 1.12. The van der Waals surface area contributed by atoms with Gasteiger partial charge in [-0.1, -0.05) is 57.9 Å². The largest absolute Gasteiger partial charge is 0.413 e. The van der Waals surface area contributed by atoms with Crippen molar-refractivity contribution in [3.63, 3.8) is 0 Å². The van der Waals surface area contributed by atoms with E-state index in [0.717, 1.165) is 75.3 Å². The predicted molar refractivity (Wildman–Crippen MR) is 199 cm³/mol. The molecule has 0 unspecified atom stereocenters. The van der Waals surface area contributed by atoms with Gasteiger partial charge in [0.2, 0.25) is 5.95 Å². The van der Waals surface area contributed by atoms with E-state index in [1.807, 2.05) is 19.1 Å². The zero-order valence-electron chi connectivity index (χ0n) is 30.2. The molecule has 0 radical (unpaired) electrons. The van der Waals surface area contributed by atoms with E-state index in [9.17, 15) is 9.59 Å². The van der Waals surface area contributed by atoms with Crippen LogP contribution >= 0.6 is 0 Å². The Morgan fingerprint density at radius 1 is 0.959 bits per heavy atom. The minimum Gasteiger partial charge on any atom is -0.413 e. The van der Waals surface area contributed by atoms with E-state index < -0.39 is 8.32 Å². The lowest BCUT2D eigenvalue weighted by molar-refractivity contribution is 0.101. The van der Waals surface area contributed by atoms with Crippen LogP contribution in [0.5, 0.6) is 0 Å². The number of aromatic nitrogens is 4. The Morgan fingerprint density at radius 3 is 2.24 bits per heavy atom. The SMILES string of the molecule is CC(=O)c1c(C)c2cnc(Nc3ccc(N4CCN(Cc5ccc(CO[Si](C)(C)C(C)(C)C)cc5)CC4)nc3)nc2n(C2CCCC2)c1=O. The Balaban J connectivity index is 1.06. The van der Waals surface area contributed by atoms with Gasteiger partial charge in [-0.05, 0) is 73.6 Å². The van der Waals surface area contributed by atoms with Crippen molar-refractivity contribution in [1.29, 1.82) is 0 Å². The molecule has 3 aromatic heterocycles.